The molecule has 2 aromatic rings. The number of benzene rings is 2. The first-order valence-corrected chi connectivity index (χ1v) is 6.46. The monoisotopic (exact) mass is 238 g/mol. The fourth-order valence-electron chi connectivity index (χ4n) is 1.94. The van der Waals surface area contributed by atoms with Crippen LogP contribution in [0, 0.1) is 0 Å². The maximum absolute atomic E-state index is 2.34. The molecule has 0 saturated carbocycles. The minimum absolute atomic E-state index is 0.506. The van der Waals surface area contributed by atoms with Gasteiger partial charge in [-0.2, -0.15) is 0 Å². The van der Waals surface area contributed by atoms with E-state index < -0.39 is 0 Å². The Morgan fingerprint density at radius 2 is 1.56 bits per heavy atom. The maximum atomic E-state index is 2.34. The lowest BCUT2D eigenvalue weighted by atomic mass is 10.1. The quantitative estimate of drug-likeness (QED) is 0.824. The molecule has 1 heteroatoms. The molecular weight excluding hydrogens is 218 g/mol. The topological polar surface area (TPSA) is 16.6 Å². The highest BCUT2D eigenvalue weighted by Gasteiger charge is 2.04. The van der Waals surface area contributed by atoms with Crippen molar-refractivity contribution >= 4 is 6.08 Å². The number of hydrogen-bond donors (Lipinski definition) is 1. The lowest BCUT2D eigenvalue weighted by molar-refractivity contribution is -0.684. The van der Waals surface area contributed by atoms with Gasteiger partial charge in [0.25, 0.3) is 0 Å². The SMILES string of the molecule is C[C@H]([NH2+]C/C=C/c1ccccc1)c1ccccc1. The standard InChI is InChI=1S/C17H19N/c1-15(17-12-6-3-7-13-17)18-14-8-11-16-9-4-2-5-10-16/h2-13,15,18H,14H2,1H3/p+1/b11-8+/t15-/m0/s1. The molecule has 0 amide bonds. The number of rotatable bonds is 5. The third kappa shape index (κ3) is 3.86. The first-order valence-electron chi connectivity index (χ1n) is 6.46. The highest BCUT2D eigenvalue weighted by molar-refractivity contribution is 5.48. The fourth-order valence-corrected chi connectivity index (χ4v) is 1.94. The summed E-state index contributed by atoms with van der Waals surface area (Å²) in [7, 11) is 0. The Hall–Kier alpha value is -1.86. The van der Waals surface area contributed by atoms with E-state index in [9.17, 15) is 0 Å². The Morgan fingerprint density at radius 1 is 0.944 bits per heavy atom. The summed E-state index contributed by atoms with van der Waals surface area (Å²) in [5.41, 5.74) is 2.64. The van der Waals surface area contributed by atoms with Crippen molar-refractivity contribution in [2.75, 3.05) is 6.54 Å². The molecule has 18 heavy (non-hydrogen) atoms. The van der Waals surface area contributed by atoms with Crippen LogP contribution in [0.5, 0.6) is 0 Å². The average molecular weight is 238 g/mol. The summed E-state index contributed by atoms with van der Waals surface area (Å²) in [6.07, 6.45) is 4.39. The van der Waals surface area contributed by atoms with Crippen molar-refractivity contribution < 1.29 is 5.32 Å². The van der Waals surface area contributed by atoms with E-state index in [0.29, 0.717) is 6.04 Å². The van der Waals surface area contributed by atoms with Crippen molar-refractivity contribution in [3.8, 4) is 0 Å². The van der Waals surface area contributed by atoms with Gasteiger partial charge in [-0.15, -0.1) is 0 Å². The van der Waals surface area contributed by atoms with Gasteiger partial charge in [-0.3, -0.25) is 0 Å². The molecule has 0 aliphatic rings. The van der Waals surface area contributed by atoms with Crippen LogP contribution in [0.1, 0.15) is 24.1 Å². The zero-order valence-corrected chi connectivity index (χ0v) is 10.8. The average Bonchev–Trinajstić information content (AvgIpc) is 2.45. The Bertz CT molecular complexity index is 473. The largest absolute Gasteiger partial charge is 0.337 e. The van der Waals surface area contributed by atoms with E-state index >= 15 is 0 Å². The van der Waals surface area contributed by atoms with Gasteiger partial charge in [-0.25, -0.2) is 0 Å². The molecule has 0 spiro atoms. The molecule has 2 N–H and O–H groups in total. The minimum atomic E-state index is 0.506. The molecule has 0 radical (unpaired) electrons. The van der Waals surface area contributed by atoms with Crippen molar-refractivity contribution in [3.63, 3.8) is 0 Å². The van der Waals surface area contributed by atoms with Crippen molar-refractivity contribution in [1.29, 1.82) is 0 Å². The second-order valence-corrected chi connectivity index (χ2v) is 4.48. The molecule has 0 fully saturated rings. The second-order valence-electron chi connectivity index (χ2n) is 4.48. The maximum Gasteiger partial charge on any atom is 0.109 e. The Morgan fingerprint density at radius 3 is 2.22 bits per heavy atom. The van der Waals surface area contributed by atoms with Crippen LogP contribution >= 0.6 is 0 Å². The van der Waals surface area contributed by atoms with Crippen molar-refractivity contribution in [1.82, 2.24) is 0 Å². The Labute approximate surface area is 109 Å². The van der Waals surface area contributed by atoms with Gasteiger partial charge >= 0.3 is 0 Å². The minimum Gasteiger partial charge on any atom is -0.337 e. The van der Waals surface area contributed by atoms with E-state index in [1.165, 1.54) is 11.1 Å². The van der Waals surface area contributed by atoms with Crippen LogP contribution in [0.2, 0.25) is 0 Å². The van der Waals surface area contributed by atoms with Gasteiger partial charge in [0.15, 0.2) is 0 Å². The summed E-state index contributed by atoms with van der Waals surface area (Å²) in [5, 5.41) is 2.34. The number of quaternary nitrogens is 1. The van der Waals surface area contributed by atoms with Crippen LogP contribution in [0.15, 0.2) is 66.7 Å². The molecular formula is C17H20N+. The summed E-state index contributed by atoms with van der Waals surface area (Å²) in [4.78, 5) is 0. The third-order valence-corrected chi connectivity index (χ3v) is 3.06. The molecule has 1 nitrogen and oxygen atoms in total. The first kappa shape index (κ1) is 12.6. The van der Waals surface area contributed by atoms with Crippen molar-refractivity contribution in [3.05, 3.63) is 77.9 Å². The van der Waals surface area contributed by atoms with E-state index in [4.69, 9.17) is 0 Å². The normalized spacial score (nSPS) is 12.7. The molecule has 0 aromatic heterocycles. The fraction of sp³-hybridized carbons (Fsp3) is 0.176. The molecule has 1 atom stereocenters. The van der Waals surface area contributed by atoms with Gasteiger partial charge in [-0.05, 0) is 18.6 Å². The molecule has 0 heterocycles. The van der Waals surface area contributed by atoms with E-state index in [2.05, 4.69) is 79.0 Å². The predicted octanol–water partition coefficient (Wildman–Crippen LogP) is 3.02. The van der Waals surface area contributed by atoms with Gasteiger partial charge in [0, 0.05) is 5.56 Å². The van der Waals surface area contributed by atoms with Gasteiger partial charge in [0.05, 0.1) is 6.54 Å². The van der Waals surface area contributed by atoms with Crippen LogP contribution in [0.4, 0.5) is 0 Å². The van der Waals surface area contributed by atoms with Gasteiger partial charge in [-0.1, -0.05) is 66.7 Å². The molecule has 0 bridgehead atoms. The summed E-state index contributed by atoms with van der Waals surface area (Å²) in [5.74, 6) is 0. The number of hydrogen-bond acceptors (Lipinski definition) is 0. The second kappa shape index (κ2) is 6.77. The van der Waals surface area contributed by atoms with E-state index in [1.54, 1.807) is 0 Å². The number of nitrogens with two attached hydrogens (primary N) is 1. The molecule has 0 aliphatic carbocycles. The van der Waals surface area contributed by atoms with Crippen molar-refractivity contribution in [2.24, 2.45) is 0 Å². The highest BCUT2D eigenvalue weighted by atomic mass is 14.9. The zero-order valence-electron chi connectivity index (χ0n) is 10.8. The van der Waals surface area contributed by atoms with Gasteiger partial charge < -0.3 is 5.32 Å². The lowest BCUT2D eigenvalue weighted by Gasteiger charge is -2.08. The summed E-state index contributed by atoms with van der Waals surface area (Å²) in [6, 6.07) is 21.5. The van der Waals surface area contributed by atoms with E-state index in [1.807, 2.05) is 6.07 Å². The van der Waals surface area contributed by atoms with Crippen LogP contribution in [-0.4, -0.2) is 6.54 Å². The van der Waals surface area contributed by atoms with Gasteiger partial charge in [0.1, 0.15) is 6.04 Å². The van der Waals surface area contributed by atoms with Crippen LogP contribution in [0.25, 0.3) is 6.08 Å². The molecule has 92 valence electrons. The van der Waals surface area contributed by atoms with Crippen LogP contribution in [0.3, 0.4) is 0 Å². The lowest BCUT2D eigenvalue weighted by Crippen LogP contribution is -2.84. The van der Waals surface area contributed by atoms with Crippen LogP contribution in [-0.2, 0) is 0 Å². The third-order valence-electron chi connectivity index (χ3n) is 3.06. The highest BCUT2D eigenvalue weighted by Crippen LogP contribution is 2.06. The molecule has 0 aliphatic heterocycles. The van der Waals surface area contributed by atoms with Gasteiger partial charge in [0.2, 0.25) is 0 Å². The summed E-state index contributed by atoms with van der Waals surface area (Å²) >= 11 is 0. The zero-order chi connectivity index (χ0) is 12.6. The predicted molar refractivity (Wildman–Crippen MR) is 77.1 cm³/mol. The molecule has 2 aromatic carbocycles. The van der Waals surface area contributed by atoms with E-state index in [-0.39, 0.29) is 0 Å². The Kier molecular flexibility index (Phi) is 4.74. The van der Waals surface area contributed by atoms with Crippen LogP contribution < -0.4 is 5.32 Å². The van der Waals surface area contributed by atoms with E-state index in [0.717, 1.165) is 6.54 Å². The molecule has 0 unspecified atom stereocenters. The van der Waals surface area contributed by atoms with Crippen molar-refractivity contribution in [2.45, 2.75) is 13.0 Å². The molecule has 2 rings (SSSR count). The first-order chi connectivity index (χ1) is 8.86. The smallest absolute Gasteiger partial charge is 0.109 e. The summed E-state index contributed by atoms with van der Waals surface area (Å²) < 4.78 is 0. The molecule has 0 saturated heterocycles. The summed E-state index contributed by atoms with van der Waals surface area (Å²) in [6.45, 7) is 3.25. The Balaban J connectivity index is 1.81.